The summed E-state index contributed by atoms with van der Waals surface area (Å²) in [6.07, 6.45) is 0. The van der Waals surface area contributed by atoms with Gasteiger partial charge in [0.05, 0.1) is 22.1 Å². The van der Waals surface area contributed by atoms with E-state index >= 15 is 0 Å². The Morgan fingerprint density at radius 1 is 0.121 bits per heavy atom. The molecule has 0 unspecified atom stereocenters. The van der Waals surface area contributed by atoms with Crippen molar-refractivity contribution in [3.05, 3.63) is 449 Å². The van der Waals surface area contributed by atoms with Crippen molar-refractivity contribution in [3.63, 3.8) is 0 Å². The van der Waals surface area contributed by atoms with Crippen molar-refractivity contribution in [1.82, 2.24) is 9.13 Å². The van der Waals surface area contributed by atoms with Gasteiger partial charge in [-0.25, -0.2) is 0 Å². The van der Waals surface area contributed by atoms with Gasteiger partial charge in [-0.05, 0) is 232 Å². The lowest BCUT2D eigenvalue weighted by Gasteiger charge is -2.19. The summed E-state index contributed by atoms with van der Waals surface area (Å²) in [7, 11) is 0. The molecule has 23 aromatic rings. The highest BCUT2D eigenvalue weighted by Crippen LogP contribution is 2.49. The highest BCUT2D eigenvalue weighted by Gasteiger charge is 2.23. The summed E-state index contributed by atoms with van der Waals surface area (Å²) in [6.45, 7) is 0. The van der Waals surface area contributed by atoms with Crippen LogP contribution < -0.4 is 0 Å². The van der Waals surface area contributed by atoms with Crippen LogP contribution in [-0.2, 0) is 0 Å². The van der Waals surface area contributed by atoms with Crippen LogP contribution in [0.1, 0.15) is 0 Å². The van der Waals surface area contributed by atoms with E-state index in [1.54, 1.807) is 0 Å². The van der Waals surface area contributed by atoms with E-state index in [4.69, 9.17) is 0 Å². The number of nitrogens with zero attached hydrogens (tertiary/aromatic N) is 2. The van der Waals surface area contributed by atoms with Gasteiger partial charge < -0.3 is 9.13 Å². The van der Waals surface area contributed by atoms with Crippen LogP contribution in [0.5, 0.6) is 0 Å². The lowest BCUT2D eigenvalue weighted by Crippen LogP contribution is -1.95. The number of hydrogen-bond acceptors (Lipinski definition) is 0. The Labute approximate surface area is 673 Å². The van der Waals surface area contributed by atoms with Gasteiger partial charge in [0.1, 0.15) is 0 Å². The molecule has 2 aromatic heterocycles. The Balaban J connectivity index is 0.000000141. The number of rotatable bonds is 11. The Hall–Kier alpha value is -15.2. The normalized spacial score (nSPS) is 11.6. The van der Waals surface area contributed by atoms with Crippen molar-refractivity contribution in [2.24, 2.45) is 0 Å². The van der Waals surface area contributed by atoms with Crippen molar-refractivity contribution in [2.75, 3.05) is 0 Å². The van der Waals surface area contributed by atoms with E-state index in [1.165, 1.54) is 208 Å². The number of hydrogen-bond donors (Lipinski definition) is 0. The number of benzene rings is 21. The van der Waals surface area contributed by atoms with Crippen LogP contribution in [0, 0.1) is 0 Å². The van der Waals surface area contributed by atoms with Crippen LogP contribution in [0.4, 0.5) is 0 Å². The third kappa shape index (κ3) is 11.7. The summed E-state index contributed by atoms with van der Waals surface area (Å²) >= 11 is 0. The van der Waals surface area contributed by atoms with Gasteiger partial charge in [0.2, 0.25) is 0 Å². The first kappa shape index (κ1) is 67.7. The molecular formula is C114H74N2. The quantitative estimate of drug-likeness (QED) is 0.114. The Morgan fingerprint density at radius 3 is 0.784 bits per heavy atom. The first-order valence-electron chi connectivity index (χ1n) is 40.1. The third-order valence-corrected chi connectivity index (χ3v) is 24.0. The second kappa shape index (κ2) is 28.5. The summed E-state index contributed by atoms with van der Waals surface area (Å²) in [6, 6.07) is 164. The van der Waals surface area contributed by atoms with Crippen molar-refractivity contribution in [3.8, 4) is 112 Å². The molecule has 0 spiro atoms. The van der Waals surface area contributed by atoms with Gasteiger partial charge in [-0.2, -0.15) is 0 Å². The van der Waals surface area contributed by atoms with Crippen LogP contribution in [-0.4, -0.2) is 9.13 Å². The molecule has 0 atom stereocenters. The maximum absolute atomic E-state index is 2.41. The standard InChI is InChI=1S/C60H39N.C54H35N/c1-2-12-40(13-3-1)42-22-24-44(25-23-42)49-34-37-58-56(39-49)51-16-10-11-21-57(51)61(58)50-35-32-46(33-36-50)60-54-19-8-6-17-52(54)59(53-18-7-9-20-55(53)60)45-29-26-43(27-30-45)48-31-28-41-14-4-5-15-47(41)38-48;1-2-13-36(14-3-1)37-25-27-38(28-26-37)41-31-34-52-50(35-41)44-18-10-11-24-51(44)55(52)42-32-29-40(30-33-42)53-46-19-6-8-21-48(46)54(49-22-9-7-20-47(49)53)45-23-12-16-39-15-4-5-17-43(39)45/h1-39H;1-35H. The predicted octanol–water partition coefficient (Wildman–Crippen LogP) is 31.5. The van der Waals surface area contributed by atoms with Crippen LogP contribution in [0.15, 0.2) is 449 Å². The van der Waals surface area contributed by atoms with Crippen molar-refractivity contribution >= 4 is 108 Å². The largest absolute Gasteiger partial charge is 0.309 e. The van der Waals surface area contributed by atoms with Crippen molar-refractivity contribution in [2.45, 2.75) is 0 Å². The zero-order chi connectivity index (χ0) is 76.6. The molecule has 0 fully saturated rings. The topological polar surface area (TPSA) is 9.86 Å². The van der Waals surface area contributed by atoms with E-state index in [-0.39, 0.29) is 0 Å². The molecule has 0 aliphatic heterocycles. The lowest BCUT2D eigenvalue weighted by atomic mass is 9.85. The molecule has 540 valence electrons. The molecule has 2 heteroatoms. The van der Waals surface area contributed by atoms with Crippen LogP contribution >= 0.6 is 0 Å². The minimum Gasteiger partial charge on any atom is -0.309 e. The van der Waals surface area contributed by atoms with Gasteiger partial charge in [-0.3, -0.25) is 0 Å². The van der Waals surface area contributed by atoms with Gasteiger partial charge in [0.25, 0.3) is 0 Å². The van der Waals surface area contributed by atoms with Crippen LogP contribution in [0.2, 0.25) is 0 Å². The molecule has 0 N–H and O–H groups in total. The second-order valence-corrected chi connectivity index (χ2v) is 30.5. The Bertz CT molecular complexity index is 7620. The van der Waals surface area contributed by atoms with Crippen LogP contribution in [0.3, 0.4) is 0 Å². The van der Waals surface area contributed by atoms with Gasteiger partial charge in [-0.15, -0.1) is 0 Å². The fourth-order valence-corrected chi connectivity index (χ4v) is 18.5. The van der Waals surface area contributed by atoms with E-state index in [1.807, 2.05) is 0 Å². The summed E-state index contributed by atoms with van der Waals surface area (Å²) in [5.74, 6) is 0. The lowest BCUT2D eigenvalue weighted by molar-refractivity contribution is 1.18. The zero-order valence-electron chi connectivity index (χ0n) is 63.6. The fraction of sp³-hybridized carbons (Fsp3) is 0. The monoisotopic (exact) mass is 1470 g/mol. The molecule has 0 amide bonds. The van der Waals surface area contributed by atoms with E-state index in [0.717, 1.165) is 11.4 Å². The third-order valence-electron chi connectivity index (χ3n) is 24.0. The van der Waals surface area contributed by atoms with E-state index in [9.17, 15) is 0 Å². The maximum atomic E-state index is 2.41. The van der Waals surface area contributed by atoms with E-state index < -0.39 is 0 Å². The van der Waals surface area contributed by atoms with E-state index in [2.05, 4.69) is 458 Å². The molecule has 0 saturated carbocycles. The predicted molar refractivity (Wildman–Crippen MR) is 496 cm³/mol. The van der Waals surface area contributed by atoms with Gasteiger partial charge in [0.15, 0.2) is 0 Å². The molecule has 116 heavy (non-hydrogen) atoms. The van der Waals surface area contributed by atoms with Gasteiger partial charge in [-0.1, -0.05) is 382 Å². The molecule has 0 saturated heterocycles. The average Bonchev–Trinajstić information content (AvgIpc) is 0.964. The zero-order valence-corrected chi connectivity index (χ0v) is 63.6. The van der Waals surface area contributed by atoms with Crippen molar-refractivity contribution in [1.29, 1.82) is 0 Å². The molecule has 0 bridgehead atoms. The maximum Gasteiger partial charge on any atom is 0.0541 e. The first-order valence-corrected chi connectivity index (χ1v) is 40.1. The second-order valence-electron chi connectivity index (χ2n) is 30.5. The Kier molecular flexibility index (Phi) is 16.6. The molecule has 21 aromatic carbocycles. The summed E-state index contributed by atoms with van der Waals surface area (Å²) < 4.78 is 4.83. The SMILES string of the molecule is c1ccc(-c2ccc(-c3ccc4c(c3)c3ccccc3n4-c3ccc(-c4c5ccccc5c(-c5ccc(-c6ccc7ccccc7c6)cc5)c5ccccc45)cc3)cc2)cc1.c1ccc(-c2ccc(-c3ccc4c(c3)c3ccccc3n4-c3ccc(-c4c5ccccc5c(-c5cccc6ccccc56)c5ccccc45)cc3)cc2)cc1. The molecule has 2 nitrogen and oxygen atoms in total. The minimum absolute atomic E-state index is 1.15. The molecule has 2 heterocycles. The first-order chi connectivity index (χ1) is 57.5. The summed E-state index contributed by atoms with van der Waals surface area (Å²) in [5, 5.41) is 20.1. The minimum atomic E-state index is 1.15. The number of aromatic nitrogens is 2. The van der Waals surface area contributed by atoms with Gasteiger partial charge >= 0.3 is 0 Å². The van der Waals surface area contributed by atoms with Crippen LogP contribution in [0.25, 0.3) is 220 Å². The summed E-state index contributed by atoms with van der Waals surface area (Å²) in [4.78, 5) is 0. The fourth-order valence-electron chi connectivity index (χ4n) is 18.5. The summed E-state index contributed by atoms with van der Waals surface area (Å²) in [5.41, 5.74) is 29.3. The highest BCUT2D eigenvalue weighted by molar-refractivity contribution is 6.25. The highest BCUT2D eigenvalue weighted by atomic mass is 15.0. The molecule has 0 aliphatic rings. The van der Waals surface area contributed by atoms with Gasteiger partial charge in [0, 0.05) is 32.9 Å². The molecule has 0 radical (unpaired) electrons. The molecular weight excluding hydrogens is 1400 g/mol. The van der Waals surface area contributed by atoms with E-state index in [0.29, 0.717) is 0 Å². The molecule has 23 rings (SSSR count). The average molecular weight is 1470 g/mol. The number of fused-ring (bicyclic) bond motifs is 12. The van der Waals surface area contributed by atoms with Crippen molar-refractivity contribution < 1.29 is 0 Å². The smallest absolute Gasteiger partial charge is 0.0541 e. The Morgan fingerprint density at radius 2 is 0.379 bits per heavy atom. The molecule has 0 aliphatic carbocycles. The number of para-hydroxylation sites is 2.